The van der Waals surface area contributed by atoms with Crippen LogP contribution >= 0.6 is 11.3 Å². The summed E-state index contributed by atoms with van der Waals surface area (Å²) in [6.07, 6.45) is 1.06. The van der Waals surface area contributed by atoms with Gasteiger partial charge in [0.1, 0.15) is 5.82 Å². The predicted octanol–water partition coefficient (Wildman–Crippen LogP) is 3.73. The van der Waals surface area contributed by atoms with E-state index in [4.69, 9.17) is 0 Å². The van der Waals surface area contributed by atoms with Crippen molar-refractivity contribution in [1.29, 1.82) is 0 Å². The average molecular weight is 250 g/mol. The van der Waals surface area contributed by atoms with E-state index in [1.165, 1.54) is 21.9 Å². The summed E-state index contributed by atoms with van der Waals surface area (Å²) in [6, 6.07) is 10.2. The smallest absolute Gasteiger partial charge is 0.123 e. The van der Waals surface area contributed by atoms with Gasteiger partial charge in [-0.25, -0.2) is 4.39 Å². The molecule has 0 amide bonds. The Balaban J connectivity index is 2.05. The Morgan fingerprint density at radius 2 is 1.76 bits per heavy atom. The van der Waals surface area contributed by atoms with Gasteiger partial charge in [-0.3, -0.25) is 0 Å². The van der Waals surface area contributed by atoms with Crippen LogP contribution in [0.3, 0.4) is 0 Å². The van der Waals surface area contributed by atoms with E-state index < -0.39 is 6.10 Å². The number of rotatable bonds is 4. The summed E-state index contributed by atoms with van der Waals surface area (Å²) in [7, 11) is 0. The number of aryl methyl sites for hydroxylation is 1. The van der Waals surface area contributed by atoms with Crippen LogP contribution in [0.4, 0.5) is 4.39 Å². The molecule has 1 N–H and O–H groups in total. The normalized spacial score (nSPS) is 12.6. The maximum absolute atomic E-state index is 12.7. The largest absolute Gasteiger partial charge is 0.388 e. The van der Waals surface area contributed by atoms with Crippen molar-refractivity contribution in [3.8, 4) is 0 Å². The first kappa shape index (κ1) is 12.3. The average Bonchev–Trinajstić information content (AvgIpc) is 2.77. The number of hydrogen-bond donors (Lipinski definition) is 1. The fourth-order valence-electron chi connectivity index (χ4n) is 1.72. The molecule has 0 aliphatic carbocycles. The Kier molecular flexibility index (Phi) is 3.92. The standard InChI is InChI=1S/C14H15FOS/c1-2-12-7-8-13(17-12)9-14(16)10-3-5-11(15)6-4-10/h3-8,14,16H,2,9H2,1H3. The summed E-state index contributed by atoms with van der Waals surface area (Å²) in [5.41, 5.74) is 0.762. The fraction of sp³-hybridized carbons (Fsp3) is 0.286. The molecule has 17 heavy (non-hydrogen) atoms. The van der Waals surface area contributed by atoms with Gasteiger partial charge in [-0.2, -0.15) is 0 Å². The van der Waals surface area contributed by atoms with Gasteiger partial charge in [-0.1, -0.05) is 19.1 Å². The Labute approximate surface area is 105 Å². The third-order valence-electron chi connectivity index (χ3n) is 2.72. The van der Waals surface area contributed by atoms with Crippen LogP contribution in [0.2, 0.25) is 0 Å². The van der Waals surface area contributed by atoms with Crippen molar-refractivity contribution in [2.75, 3.05) is 0 Å². The zero-order valence-electron chi connectivity index (χ0n) is 9.69. The van der Waals surface area contributed by atoms with Crippen molar-refractivity contribution < 1.29 is 9.50 Å². The number of thiophene rings is 1. The zero-order valence-corrected chi connectivity index (χ0v) is 10.5. The molecule has 0 saturated heterocycles. The molecule has 0 aliphatic heterocycles. The second kappa shape index (κ2) is 5.43. The summed E-state index contributed by atoms with van der Waals surface area (Å²) >= 11 is 1.72. The highest BCUT2D eigenvalue weighted by Crippen LogP contribution is 2.24. The molecule has 1 heterocycles. The highest BCUT2D eigenvalue weighted by molar-refractivity contribution is 7.11. The van der Waals surface area contributed by atoms with Gasteiger partial charge in [0.05, 0.1) is 6.10 Å². The fourth-order valence-corrected chi connectivity index (χ4v) is 2.71. The SMILES string of the molecule is CCc1ccc(CC(O)c2ccc(F)cc2)s1. The van der Waals surface area contributed by atoms with Crippen LogP contribution in [-0.2, 0) is 12.8 Å². The van der Waals surface area contributed by atoms with Crippen molar-refractivity contribution in [2.24, 2.45) is 0 Å². The van der Waals surface area contributed by atoms with Crippen LogP contribution in [0.25, 0.3) is 0 Å². The van der Waals surface area contributed by atoms with Crippen LogP contribution in [0, 0.1) is 5.82 Å². The van der Waals surface area contributed by atoms with Crippen LogP contribution < -0.4 is 0 Å². The molecular weight excluding hydrogens is 235 g/mol. The van der Waals surface area contributed by atoms with Gasteiger partial charge in [0, 0.05) is 16.2 Å². The van der Waals surface area contributed by atoms with Crippen molar-refractivity contribution in [3.63, 3.8) is 0 Å². The van der Waals surface area contributed by atoms with E-state index in [1.54, 1.807) is 23.5 Å². The molecule has 1 aromatic carbocycles. The van der Waals surface area contributed by atoms with E-state index in [0.717, 1.165) is 12.0 Å². The molecule has 0 spiro atoms. The molecule has 3 heteroatoms. The van der Waals surface area contributed by atoms with Crippen molar-refractivity contribution >= 4 is 11.3 Å². The van der Waals surface area contributed by atoms with Crippen LogP contribution in [0.5, 0.6) is 0 Å². The van der Waals surface area contributed by atoms with E-state index in [0.29, 0.717) is 6.42 Å². The summed E-state index contributed by atoms with van der Waals surface area (Å²) in [5.74, 6) is -0.273. The van der Waals surface area contributed by atoms with Gasteiger partial charge in [0.25, 0.3) is 0 Å². The monoisotopic (exact) mass is 250 g/mol. The minimum Gasteiger partial charge on any atom is -0.388 e. The molecule has 1 aromatic heterocycles. The first-order valence-corrected chi connectivity index (χ1v) is 6.52. The minimum atomic E-state index is -0.557. The summed E-state index contributed by atoms with van der Waals surface area (Å²) in [5, 5.41) is 10.0. The molecule has 2 rings (SSSR count). The Hall–Kier alpha value is -1.19. The van der Waals surface area contributed by atoms with Crippen molar-refractivity contribution in [1.82, 2.24) is 0 Å². The quantitative estimate of drug-likeness (QED) is 0.876. The van der Waals surface area contributed by atoms with E-state index in [1.807, 2.05) is 0 Å². The second-order valence-corrected chi connectivity index (χ2v) is 5.25. The maximum Gasteiger partial charge on any atom is 0.123 e. The van der Waals surface area contributed by atoms with Crippen molar-refractivity contribution in [3.05, 3.63) is 57.5 Å². The maximum atomic E-state index is 12.7. The minimum absolute atomic E-state index is 0.273. The van der Waals surface area contributed by atoms with Crippen LogP contribution in [0.1, 0.15) is 28.3 Å². The van der Waals surface area contributed by atoms with Gasteiger partial charge < -0.3 is 5.11 Å². The highest BCUT2D eigenvalue weighted by atomic mass is 32.1. The summed E-state index contributed by atoms with van der Waals surface area (Å²) in [4.78, 5) is 2.49. The molecule has 0 bridgehead atoms. The highest BCUT2D eigenvalue weighted by Gasteiger charge is 2.10. The molecular formula is C14H15FOS. The van der Waals surface area contributed by atoms with Crippen LogP contribution in [0.15, 0.2) is 36.4 Å². The Morgan fingerprint density at radius 1 is 1.12 bits per heavy atom. The second-order valence-electron chi connectivity index (χ2n) is 3.99. The van der Waals surface area contributed by atoms with Gasteiger partial charge in [-0.15, -0.1) is 11.3 Å². The molecule has 2 aromatic rings. The lowest BCUT2D eigenvalue weighted by Crippen LogP contribution is -2.00. The Bertz CT molecular complexity index is 475. The number of halogens is 1. The third-order valence-corrected chi connectivity index (χ3v) is 3.97. The molecule has 1 nitrogen and oxygen atoms in total. The number of benzene rings is 1. The lowest BCUT2D eigenvalue weighted by Gasteiger charge is -2.09. The Morgan fingerprint density at radius 3 is 2.35 bits per heavy atom. The van der Waals surface area contributed by atoms with Gasteiger partial charge in [-0.05, 0) is 36.2 Å². The van der Waals surface area contributed by atoms with Gasteiger partial charge in [0.15, 0.2) is 0 Å². The molecule has 90 valence electrons. The topological polar surface area (TPSA) is 20.2 Å². The lowest BCUT2D eigenvalue weighted by molar-refractivity contribution is 0.179. The third kappa shape index (κ3) is 3.14. The number of aliphatic hydroxyl groups is 1. The van der Waals surface area contributed by atoms with E-state index >= 15 is 0 Å². The lowest BCUT2D eigenvalue weighted by atomic mass is 10.1. The zero-order chi connectivity index (χ0) is 12.3. The molecule has 1 atom stereocenters. The number of aliphatic hydroxyl groups excluding tert-OH is 1. The molecule has 0 aliphatic rings. The predicted molar refractivity (Wildman–Crippen MR) is 68.8 cm³/mol. The number of hydrogen-bond acceptors (Lipinski definition) is 2. The first-order valence-electron chi connectivity index (χ1n) is 5.70. The first-order chi connectivity index (χ1) is 8.19. The van der Waals surface area contributed by atoms with E-state index in [2.05, 4.69) is 19.1 Å². The summed E-state index contributed by atoms with van der Waals surface area (Å²) in [6.45, 7) is 2.12. The van der Waals surface area contributed by atoms with Gasteiger partial charge >= 0.3 is 0 Å². The molecule has 0 fully saturated rings. The molecule has 1 unspecified atom stereocenters. The molecule has 0 radical (unpaired) electrons. The van der Waals surface area contributed by atoms with E-state index in [-0.39, 0.29) is 5.82 Å². The van der Waals surface area contributed by atoms with Gasteiger partial charge in [0.2, 0.25) is 0 Å². The summed E-state index contributed by atoms with van der Waals surface area (Å²) < 4.78 is 12.7. The van der Waals surface area contributed by atoms with E-state index in [9.17, 15) is 9.50 Å². The molecule has 0 saturated carbocycles. The van der Waals surface area contributed by atoms with Crippen molar-refractivity contribution in [2.45, 2.75) is 25.9 Å². The van der Waals surface area contributed by atoms with Crippen LogP contribution in [-0.4, -0.2) is 5.11 Å².